The monoisotopic (exact) mass is 521 g/mol. The van der Waals surface area contributed by atoms with Crippen LogP contribution in [0.15, 0.2) is 71.8 Å². The van der Waals surface area contributed by atoms with Crippen LogP contribution in [0.1, 0.15) is 32.1 Å². The van der Waals surface area contributed by atoms with Crippen LogP contribution in [0.3, 0.4) is 0 Å². The van der Waals surface area contributed by atoms with E-state index < -0.39 is 16.8 Å². The first-order valence-electron chi connectivity index (χ1n) is 11.9. The summed E-state index contributed by atoms with van der Waals surface area (Å²) < 4.78 is 30.2. The molecule has 2 aliphatic carbocycles. The van der Waals surface area contributed by atoms with Crippen LogP contribution in [-0.2, 0) is 11.0 Å². The summed E-state index contributed by atoms with van der Waals surface area (Å²) in [6.07, 6.45) is 6.93. The van der Waals surface area contributed by atoms with Crippen molar-refractivity contribution in [3.63, 3.8) is 0 Å². The van der Waals surface area contributed by atoms with Gasteiger partial charge >= 0.3 is 0 Å². The van der Waals surface area contributed by atoms with Crippen molar-refractivity contribution in [1.29, 1.82) is 0 Å². The minimum Gasteiger partial charge on any atom is -0.349 e. The molecule has 1 heterocycles. The topological polar surface area (TPSA) is 92.9 Å². The first kappa shape index (κ1) is 23.3. The molecule has 1 atom stereocenters. The zero-order chi connectivity index (χ0) is 24.9. The lowest BCUT2D eigenvalue weighted by Crippen LogP contribution is -2.34. The standard InChI is InChI=1S/C27H25ClFN5OS/c28-20-3-1-2-4-24(20)36(35)34-23-8-6-18(14-21(23)29)17-5-7-22-19(13-17)15-31-25(32-22)33-27-11-9-26(30,16-27)10-12-27/h1-8,13-15,34H,9-12,16,30H2,(H,31,32,33). The molecule has 0 spiro atoms. The van der Waals surface area contributed by atoms with E-state index in [-0.39, 0.29) is 16.8 Å². The number of anilines is 2. The van der Waals surface area contributed by atoms with Gasteiger partial charge in [-0.05, 0) is 79.6 Å². The highest BCUT2D eigenvalue weighted by molar-refractivity contribution is 7.86. The highest BCUT2D eigenvalue weighted by atomic mass is 35.5. The van der Waals surface area contributed by atoms with Crippen molar-refractivity contribution >= 4 is 45.1 Å². The van der Waals surface area contributed by atoms with Gasteiger partial charge in [0.05, 0.1) is 21.1 Å². The lowest BCUT2D eigenvalue weighted by Gasteiger charge is -2.27. The molecule has 36 heavy (non-hydrogen) atoms. The number of nitrogens with two attached hydrogens (primary N) is 1. The quantitative estimate of drug-likeness (QED) is 0.287. The van der Waals surface area contributed by atoms with Gasteiger partial charge in [0.2, 0.25) is 5.95 Å². The van der Waals surface area contributed by atoms with E-state index >= 15 is 0 Å². The summed E-state index contributed by atoms with van der Waals surface area (Å²) in [5.41, 5.74) is 8.89. The van der Waals surface area contributed by atoms with Crippen LogP contribution < -0.4 is 15.8 Å². The minimum atomic E-state index is -1.69. The van der Waals surface area contributed by atoms with Crippen molar-refractivity contribution in [2.75, 3.05) is 10.0 Å². The Morgan fingerprint density at radius 2 is 1.75 bits per heavy atom. The molecule has 1 unspecified atom stereocenters. The Kier molecular flexibility index (Phi) is 5.70. The SMILES string of the molecule is NC12CCC(Nc3ncc4cc(-c5ccc(NS(=O)c6ccccc6Cl)c(F)c5)ccc4n3)(CC1)C2. The highest BCUT2D eigenvalue weighted by Gasteiger charge is 2.52. The summed E-state index contributed by atoms with van der Waals surface area (Å²) in [5.74, 6) is 0.113. The minimum absolute atomic E-state index is 0.00515. The Morgan fingerprint density at radius 1 is 1.00 bits per heavy atom. The largest absolute Gasteiger partial charge is 0.349 e. The third kappa shape index (κ3) is 4.34. The molecular weight excluding hydrogens is 497 g/mol. The fraction of sp³-hybridized carbons (Fsp3) is 0.259. The number of aromatic nitrogens is 2. The molecule has 0 aliphatic heterocycles. The first-order chi connectivity index (χ1) is 17.3. The molecule has 6 nitrogen and oxygen atoms in total. The van der Waals surface area contributed by atoms with E-state index in [2.05, 4.69) is 15.0 Å². The number of hydrogen-bond acceptors (Lipinski definition) is 5. The Hall–Kier alpha value is -3.07. The van der Waals surface area contributed by atoms with E-state index in [0.717, 1.165) is 48.6 Å². The van der Waals surface area contributed by atoms with E-state index in [1.54, 1.807) is 42.6 Å². The maximum Gasteiger partial charge on any atom is 0.223 e. The summed E-state index contributed by atoms with van der Waals surface area (Å²) in [6.45, 7) is 0. The molecule has 0 radical (unpaired) electrons. The number of halogens is 2. The maximum atomic E-state index is 14.9. The molecule has 2 bridgehead atoms. The Morgan fingerprint density at radius 3 is 2.47 bits per heavy atom. The van der Waals surface area contributed by atoms with Gasteiger partial charge in [-0.3, -0.25) is 4.72 Å². The fourth-order valence-corrected chi connectivity index (χ4v) is 6.73. The van der Waals surface area contributed by atoms with Gasteiger partial charge in [0, 0.05) is 22.7 Å². The summed E-state index contributed by atoms with van der Waals surface area (Å²) in [6, 6.07) is 17.3. The zero-order valence-electron chi connectivity index (χ0n) is 19.4. The van der Waals surface area contributed by atoms with Gasteiger partial charge in [-0.2, -0.15) is 0 Å². The second-order valence-electron chi connectivity index (χ2n) is 9.91. The molecule has 4 aromatic rings. The summed E-state index contributed by atoms with van der Waals surface area (Å²) in [7, 11) is -1.69. The Bertz CT molecular complexity index is 1510. The first-order valence-corrected chi connectivity index (χ1v) is 13.4. The number of nitrogens with one attached hydrogen (secondary N) is 2. The third-order valence-corrected chi connectivity index (χ3v) is 8.99. The van der Waals surface area contributed by atoms with Crippen molar-refractivity contribution in [1.82, 2.24) is 9.97 Å². The van der Waals surface area contributed by atoms with Crippen molar-refractivity contribution in [2.24, 2.45) is 5.73 Å². The molecule has 184 valence electrons. The predicted molar refractivity (Wildman–Crippen MR) is 143 cm³/mol. The van der Waals surface area contributed by atoms with Gasteiger partial charge in [0.25, 0.3) is 0 Å². The van der Waals surface area contributed by atoms with Crippen molar-refractivity contribution in [2.45, 2.75) is 48.1 Å². The van der Waals surface area contributed by atoms with Crippen molar-refractivity contribution in [3.8, 4) is 11.1 Å². The Labute approximate surface area is 216 Å². The van der Waals surface area contributed by atoms with Crippen LogP contribution in [0.5, 0.6) is 0 Å². The van der Waals surface area contributed by atoms with E-state index in [1.807, 2.05) is 18.2 Å². The average Bonchev–Trinajstić information content (AvgIpc) is 3.38. The average molecular weight is 522 g/mol. The van der Waals surface area contributed by atoms with Crippen LogP contribution in [-0.4, -0.2) is 25.3 Å². The summed E-state index contributed by atoms with van der Waals surface area (Å²) in [5, 5.41) is 4.78. The number of nitrogens with zero attached hydrogens (tertiary/aromatic N) is 2. The molecule has 2 fully saturated rings. The van der Waals surface area contributed by atoms with Gasteiger partial charge in [-0.25, -0.2) is 18.6 Å². The second kappa shape index (κ2) is 8.80. The highest BCUT2D eigenvalue weighted by Crippen LogP contribution is 2.50. The normalized spacial score (nSPS) is 23.6. The van der Waals surface area contributed by atoms with E-state index in [1.165, 1.54) is 6.07 Å². The van der Waals surface area contributed by atoms with E-state index in [4.69, 9.17) is 22.3 Å². The van der Waals surface area contributed by atoms with Gasteiger partial charge in [0.1, 0.15) is 5.82 Å². The van der Waals surface area contributed by atoms with E-state index in [0.29, 0.717) is 21.4 Å². The zero-order valence-corrected chi connectivity index (χ0v) is 21.0. The molecule has 0 amide bonds. The Balaban J connectivity index is 1.21. The fourth-order valence-electron chi connectivity index (χ4n) is 5.46. The molecule has 0 saturated heterocycles. The maximum absolute atomic E-state index is 14.9. The van der Waals surface area contributed by atoms with Crippen LogP contribution in [0.2, 0.25) is 5.02 Å². The predicted octanol–water partition coefficient (Wildman–Crippen LogP) is 6.05. The molecule has 2 aliphatic rings. The van der Waals surface area contributed by atoms with Gasteiger partial charge in [0.15, 0.2) is 11.0 Å². The smallest absolute Gasteiger partial charge is 0.223 e. The van der Waals surface area contributed by atoms with Crippen molar-refractivity contribution in [3.05, 3.63) is 77.7 Å². The number of fused-ring (bicyclic) bond motifs is 3. The number of hydrogen-bond donors (Lipinski definition) is 3. The van der Waals surface area contributed by atoms with Crippen LogP contribution in [0.25, 0.3) is 22.0 Å². The lowest BCUT2D eigenvalue weighted by molar-refractivity contribution is 0.407. The van der Waals surface area contributed by atoms with Gasteiger partial charge in [-0.15, -0.1) is 0 Å². The van der Waals surface area contributed by atoms with Crippen LogP contribution in [0.4, 0.5) is 16.0 Å². The lowest BCUT2D eigenvalue weighted by atomic mass is 9.92. The van der Waals surface area contributed by atoms with Crippen LogP contribution in [0, 0.1) is 5.82 Å². The van der Waals surface area contributed by atoms with Crippen LogP contribution >= 0.6 is 11.6 Å². The summed E-state index contributed by atoms with van der Waals surface area (Å²) >= 11 is 6.11. The van der Waals surface area contributed by atoms with E-state index in [9.17, 15) is 8.60 Å². The molecule has 1 aromatic heterocycles. The van der Waals surface area contributed by atoms with Gasteiger partial charge < -0.3 is 11.1 Å². The molecule has 2 saturated carbocycles. The molecule has 3 aromatic carbocycles. The van der Waals surface area contributed by atoms with Gasteiger partial charge in [-0.1, -0.05) is 35.9 Å². The second-order valence-corrected chi connectivity index (χ2v) is 11.5. The number of benzene rings is 3. The molecule has 9 heteroatoms. The number of rotatable bonds is 6. The molecular formula is C27H25ClFN5OS. The summed E-state index contributed by atoms with van der Waals surface area (Å²) in [4.78, 5) is 9.66. The third-order valence-electron chi connectivity index (χ3n) is 7.39. The molecule has 6 rings (SSSR count). The molecule has 4 N–H and O–H groups in total. The van der Waals surface area contributed by atoms with Crippen molar-refractivity contribution < 1.29 is 8.60 Å².